The first-order valence-electron chi connectivity index (χ1n) is 8.20. The molecule has 2 aliphatic rings. The molecule has 0 aliphatic carbocycles. The largest absolute Gasteiger partial charge is 0.314 e. The molecular weight excluding hydrogens is 351 g/mol. The van der Waals surface area contributed by atoms with E-state index in [0.717, 1.165) is 38.3 Å². The Hall–Kier alpha value is -1.62. The lowest BCUT2D eigenvalue weighted by Gasteiger charge is -2.32. The molecule has 0 amide bonds. The minimum absolute atomic E-state index is 0.127. The summed E-state index contributed by atoms with van der Waals surface area (Å²) in [4.78, 5) is 12.2. The highest BCUT2D eigenvalue weighted by Crippen LogP contribution is 2.29. The van der Waals surface area contributed by atoms with Gasteiger partial charge in [0.05, 0.1) is 15.4 Å². The van der Waals surface area contributed by atoms with Crippen LogP contribution in [0.1, 0.15) is 12.0 Å². The van der Waals surface area contributed by atoms with E-state index in [2.05, 4.69) is 10.2 Å². The van der Waals surface area contributed by atoms with Crippen LogP contribution in [0.15, 0.2) is 17.0 Å². The number of nitrogens with one attached hydrogen (secondary N) is 1. The van der Waals surface area contributed by atoms with Crippen LogP contribution in [0, 0.1) is 22.9 Å². The Morgan fingerprint density at radius 1 is 1.28 bits per heavy atom. The monoisotopic (exact) mass is 372 g/mol. The topological polar surface area (TPSA) is 95.8 Å². The molecule has 1 N–H and O–H groups in total. The summed E-state index contributed by atoms with van der Waals surface area (Å²) in [5.74, 6) is -0.884. The molecule has 2 saturated heterocycles. The molecule has 2 fully saturated rings. The van der Waals surface area contributed by atoms with Crippen molar-refractivity contribution in [2.45, 2.75) is 24.3 Å². The van der Waals surface area contributed by atoms with Crippen molar-refractivity contribution in [3.63, 3.8) is 0 Å². The summed E-state index contributed by atoms with van der Waals surface area (Å²) in [6.07, 6.45) is 0.704. The van der Waals surface area contributed by atoms with Crippen LogP contribution in [-0.4, -0.2) is 67.9 Å². The van der Waals surface area contributed by atoms with Crippen LogP contribution in [0.5, 0.6) is 0 Å². The van der Waals surface area contributed by atoms with E-state index < -0.39 is 26.5 Å². The molecule has 0 saturated carbocycles. The van der Waals surface area contributed by atoms with E-state index in [9.17, 15) is 22.9 Å². The van der Waals surface area contributed by atoms with E-state index in [1.54, 1.807) is 0 Å². The second-order valence-electron chi connectivity index (χ2n) is 6.40. The fourth-order valence-electron chi connectivity index (χ4n) is 3.40. The maximum atomic E-state index is 14.0. The third kappa shape index (κ3) is 3.52. The fourth-order valence-corrected chi connectivity index (χ4v) is 4.93. The Morgan fingerprint density at radius 3 is 2.60 bits per heavy atom. The first kappa shape index (κ1) is 18.2. The van der Waals surface area contributed by atoms with Gasteiger partial charge in [-0.2, -0.15) is 4.31 Å². The molecule has 0 bridgehead atoms. The molecule has 1 unspecified atom stereocenters. The minimum atomic E-state index is -3.96. The van der Waals surface area contributed by atoms with Crippen molar-refractivity contribution in [3.05, 3.63) is 33.6 Å². The van der Waals surface area contributed by atoms with Gasteiger partial charge in [0.25, 0.3) is 5.69 Å². The third-order valence-electron chi connectivity index (χ3n) is 4.92. The van der Waals surface area contributed by atoms with Crippen LogP contribution >= 0.6 is 0 Å². The van der Waals surface area contributed by atoms with E-state index in [1.807, 2.05) is 0 Å². The number of sulfonamides is 1. The van der Waals surface area contributed by atoms with Gasteiger partial charge in [-0.15, -0.1) is 0 Å². The Balaban J connectivity index is 1.84. The maximum Gasteiger partial charge on any atom is 0.276 e. The Morgan fingerprint density at radius 2 is 1.96 bits per heavy atom. The van der Waals surface area contributed by atoms with Crippen molar-refractivity contribution in [1.29, 1.82) is 0 Å². The number of hydrogen-bond donors (Lipinski definition) is 1. The molecule has 1 aromatic carbocycles. The average Bonchev–Trinajstić information content (AvgIpc) is 3.08. The summed E-state index contributed by atoms with van der Waals surface area (Å²) >= 11 is 0. The number of hydrogen-bond acceptors (Lipinski definition) is 6. The molecule has 10 heteroatoms. The van der Waals surface area contributed by atoms with E-state index >= 15 is 0 Å². The number of nitro benzene ring substituents is 1. The second kappa shape index (κ2) is 6.94. The number of benzene rings is 1. The summed E-state index contributed by atoms with van der Waals surface area (Å²) in [5.41, 5.74) is -0.680. The zero-order valence-electron chi connectivity index (χ0n) is 13.9. The first-order valence-corrected chi connectivity index (χ1v) is 9.64. The number of piperazine rings is 1. The summed E-state index contributed by atoms with van der Waals surface area (Å²) in [6, 6.07) is 1.95. The van der Waals surface area contributed by atoms with Crippen LogP contribution in [-0.2, 0) is 10.0 Å². The maximum absolute atomic E-state index is 14.0. The van der Waals surface area contributed by atoms with E-state index in [4.69, 9.17) is 0 Å². The Kier molecular flexibility index (Phi) is 5.05. The van der Waals surface area contributed by atoms with Gasteiger partial charge in [0, 0.05) is 51.4 Å². The average molecular weight is 372 g/mol. The van der Waals surface area contributed by atoms with Crippen molar-refractivity contribution in [2.24, 2.45) is 0 Å². The van der Waals surface area contributed by atoms with E-state index in [0.29, 0.717) is 19.5 Å². The van der Waals surface area contributed by atoms with Gasteiger partial charge < -0.3 is 5.32 Å². The van der Waals surface area contributed by atoms with Crippen molar-refractivity contribution >= 4 is 15.7 Å². The van der Waals surface area contributed by atoms with Gasteiger partial charge >= 0.3 is 0 Å². The molecule has 25 heavy (non-hydrogen) atoms. The van der Waals surface area contributed by atoms with Crippen molar-refractivity contribution < 1.29 is 17.7 Å². The molecule has 1 aromatic rings. The van der Waals surface area contributed by atoms with Gasteiger partial charge in [0.15, 0.2) is 0 Å². The van der Waals surface area contributed by atoms with Crippen molar-refractivity contribution in [2.75, 3.05) is 39.3 Å². The first-order chi connectivity index (χ1) is 11.8. The minimum Gasteiger partial charge on any atom is -0.314 e. The summed E-state index contributed by atoms with van der Waals surface area (Å²) in [5, 5.41) is 14.3. The predicted octanol–water partition coefficient (Wildman–Crippen LogP) is 0.711. The predicted molar refractivity (Wildman–Crippen MR) is 89.4 cm³/mol. The highest BCUT2D eigenvalue weighted by molar-refractivity contribution is 7.89. The fraction of sp³-hybridized carbons (Fsp3) is 0.600. The molecule has 0 radical (unpaired) electrons. The Bertz CT molecular complexity index is 780. The zero-order valence-corrected chi connectivity index (χ0v) is 14.8. The molecule has 8 nitrogen and oxygen atoms in total. The molecule has 138 valence electrons. The lowest BCUT2D eigenvalue weighted by molar-refractivity contribution is -0.385. The lowest BCUT2D eigenvalue weighted by Crippen LogP contribution is -2.49. The van der Waals surface area contributed by atoms with Gasteiger partial charge in [-0.25, -0.2) is 12.8 Å². The lowest BCUT2D eigenvalue weighted by atomic mass is 10.2. The number of nitro groups is 1. The number of halogens is 1. The quantitative estimate of drug-likeness (QED) is 0.618. The third-order valence-corrected chi connectivity index (χ3v) is 6.76. The van der Waals surface area contributed by atoms with Crippen LogP contribution in [0.2, 0.25) is 0 Å². The normalized spacial score (nSPS) is 23.0. The van der Waals surface area contributed by atoms with E-state index in [-0.39, 0.29) is 16.5 Å². The zero-order chi connectivity index (χ0) is 18.2. The summed E-state index contributed by atoms with van der Waals surface area (Å²) in [7, 11) is -3.96. The summed E-state index contributed by atoms with van der Waals surface area (Å²) in [6.45, 7) is 5.40. The molecular formula is C15H21FN4O4S. The summed E-state index contributed by atoms with van der Waals surface area (Å²) < 4.78 is 40.9. The van der Waals surface area contributed by atoms with Crippen LogP contribution in [0.4, 0.5) is 10.1 Å². The second-order valence-corrected chi connectivity index (χ2v) is 8.34. The van der Waals surface area contributed by atoms with Gasteiger partial charge in [-0.1, -0.05) is 0 Å². The standard InChI is InChI=1S/C15H21FN4O4S/c1-11-14(16)8-13(9-15(11)20(21)22)25(23,24)19-5-2-12(10-19)18-6-3-17-4-7-18/h8-9,12,17H,2-7,10H2,1H3. The van der Waals surface area contributed by atoms with Crippen molar-refractivity contribution in [1.82, 2.24) is 14.5 Å². The highest BCUT2D eigenvalue weighted by atomic mass is 32.2. The molecule has 2 heterocycles. The van der Waals surface area contributed by atoms with Gasteiger partial charge in [0.1, 0.15) is 5.82 Å². The van der Waals surface area contributed by atoms with E-state index in [1.165, 1.54) is 11.2 Å². The molecule has 3 rings (SSSR count). The highest BCUT2D eigenvalue weighted by Gasteiger charge is 2.36. The van der Waals surface area contributed by atoms with Crippen LogP contribution in [0.3, 0.4) is 0 Å². The van der Waals surface area contributed by atoms with Gasteiger partial charge in [0.2, 0.25) is 10.0 Å². The molecule has 0 spiro atoms. The number of nitrogens with zero attached hydrogens (tertiary/aromatic N) is 3. The Labute approximate surface area is 145 Å². The van der Waals surface area contributed by atoms with Gasteiger partial charge in [-0.3, -0.25) is 15.0 Å². The van der Waals surface area contributed by atoms with Crippen LogP contribution in [0.25, 0.3) is 0 Å². The van der Waals surface area contributed by atoms with Gasteiger partial charge in [-0.05, 0) is 19.4 Å². The smallest absolute Gasteiger partial charge is 0.276 e. The molecule has 0 aromatic heterocycles. The van der Waals surface area contributed by atoms with Crippen molar-refractivity contribution in [3.8, 4) is 0 Å². The SMILES string of the molecule is Cc1c(F)cc(S(=O)(=O)N2CCC(N3CCNCC3)C2)cc1[N+](=O)[O-]. The molecule has 1 atom stereocenters. The molecule has 2 aliphatic heterocycles. The van der Waals surface area contributed by atoms with Crippen LogP contribution < -0.4 is 5.32 Å². The number of rotatable bonds is 4.